The second-order valence-electron chi connectivity index (χ2n) is 7.98. The van der Waals surface area contributed by atoms with E-state index in [1.54, 1.807) is 36.1 Å². The normalized spacial score (nSPS) is 14.6. The predicted octanol–water partition coefficient (Wildman–Crippen LogP) is 2.42. The van der Waals surface area contributed by atoms with Gasteiger partial charge in [-0.3, -0.25) is 0 Å². The first-order valence-corrected chi connectivity index (χ1v) is 9.94. The maximum absolute atomic E-state index is 11.7. The van der Waals surface area contributed by atoms with E-state index in [1.165, 1.54) is 0 Å². The topological polar surface area (TPSA) is 113 Å². The molecule has 0 spiro atoms. The van der Waals surface area contributed by atoms with Gasteiger partial charge in [0, 0.05) is 36.6 Å². The number of hydrogen-bond donors (Lipinski definition) is 2. The van der Waals surface area contributed by atoms with Crippen LogP contribution in [0.25, 0.3) is 5.82 Å². The molecule has 0 saturated carbocycles. The first kappa shape index (κ1) is 20.7. The fraction of sp³-hybridized carbons (Fsp3) is 0.304. The summed E-state index contributed by atoms with van der Waals surface area (Å²) in [5, 5.41) is 27.7. The highest BCUT2D eigenvalue weighted by atomic mass is 16.5. The molecule has 3 heterocycles. The van der Waals surface area contributed by atoms with Crippen LogP contribution in [0.4, 0.5) is 0 Å². The van der Waals surface area contributed by atoms with Gasteiger partial charge in [0.05, 0.1) is 22.9 Å². The van der Waals surface area contributed by atoms with Gasteiger partial charge >= 0.3 is 5.97 Å². The third kappa shape index (κ3) is 3.93. The lowest BCUT2D eigenvalue weighted by molar-refractivity contribution is 0.0534. The summed E-state index contributed by atoms with van der Waals surface area (Å²) in [6, 6.07) is 7.43. The molecule has 8 nitrogen and oxygen atoms in total. The molecule has 4 rings (SSSR count). The number of aryl methyl sites for hydroxylation is 1. The number of nitrogens with zero attached hydrogens (tertiary/aromatic N) is 4. The molecular formula is C23H23N5O3. The Balaban J connectivity index is 1.42. The molecule has 2 aromatic heterocycles. The lowest BCUT2D eigenvalue weighted by Gasteiger charge is -2.27. The fourth-order valence-corrected chi connectivity index (χ4v) is 3.84. The van der Waals surface area contributed by atoms with Gasteiger partial charge in [-0.2, -0.15) is 10.4 Å². The van der Waals surface area contributed by atoms with Gasteiger partial charge in [0.2, 0.25) is 0 Å². The van der Waals surface area contributed by atoms with Gasteiger partial charge < -0.3 is 15.2 Å². The van der Waals surface area contributed by atoms with Crippen LogP contribution in [-0.4, -0.2) is 32.4 Å². The Morgan fingerprint density at radius 1 is 1.35 bits per heavy atom. The number of aromatic nitrogens is 3. The Labute approximate surface area is 180 Å². The van der Waals surface area contributed by atoms with Crippen LogP contribution in [0.1, 0.15) is 50.7 Å². The molecule has 31 heavy (non-hydrogen) atoms. The summed E-state index contributed by atoms with van der Waals surface area (Å²) in [6.07, 6.45) is 5.14. The minimum Gasteiger partial charge on any atom is -0.457 e. The average molecular weight is 417 g/mol. The van der Waals surface area contributed by atoms with Crippen molar-refractivity contribution >= 4 is 5.97 Å². The van der Waals surface area contributed by atoms with Crippen molar-refractivity contribution in [2.75, 3.05) is 6.54 Å². The summed E-state index contributed by atoms with van der Waals surface area (Å²) in [6.45, 7) is 6.60. The largest absolute Gasteiger partial charge is 0.457 e. The van der Waals surface area contributed by atoms with E-state index in [-0.39, 0.29) is 12.6 Å². The van der Waals surface area contributed by atoms with E-state index in [4.69, 9.17) is 10.00 Å². The Kier molecular flexibility index (Phi) is 5.31. The first-order valence-electron chi connectivity index (χ1n) is 9.94. The molecule has 8 heteroatoms. The van der Waals surface area contributed by atoms with Crippen molar-refractivity contribution in [1.29, 1.82) is 5.26 Å². The highest BCUT2D eigenvalue weighted by Gasteiger charge is 2.30. The Hall–Kier alpha value is -3.54. The zero-order valence-corrected chi connectivity index (χ0v) is 17.6. The van der Waals surface area contributed by atoms with Gasteiger partial charge in [-0.25, -0.2) is 14.5 Å². The van der Waals surface area contributed by atoms with Crippen LogP contribution in [0.2, 0.25) is 0 Å². The Morgan fingerprint density at radius 2 is 2.16 bits per heavy atom. The van der Waals surface area contributed by atoms with E-state index < -0.39 is 5.60 Å². The van der Waals surface area contributed by atoms with Crippen LogP contribution in [0.3, 0.4) is 0 Å². The molecule has 1 aliphatic heterocycles. The molecule has 1 unspecified atom stereocenters. The smallest absolute Gasteiger partial charge is 0.338 e. The lowest BCUT2D eigenvalue weighted by atomic mass is 9.88. The van der Waals surface area contributed by atoms with Crippen molar-refractivity contribution in [3.63, 3.8) is 0 Å². The molecule has 0 radical (unpaired) electrons. The van der Waals surface area contributed by atoms with Crippen molar-refractivity contribution in [3.05, 3.63) is 75.7 Å². The highest BCUT2D eigenvalue weighted by Crippen LogP contribution is 2.31. The molecule has 1 aromatic carbocycles. The van der Waals surface area contributed by atoms with Crippen molar-refractivity contribution < 1.29 is 14.6 Å². The number of carbonyl (C=O) groups is 1. The van der Waals surface area contributed by atoms with Gasteiger partial charge in [-0.05, 0) is 49.6 Å². The number of hydrogen-bond acceptors (Lipinski definition) is 7. The first-order chi connectivity index (χ1) is 14.8. The zero-order chi connectivity index (χ0) is 22.2. The second-order valence-corrected chi connectivity index (χ2v) is 7.98. The van der Waals surface area contributed by atoms with E-state index in [0.29, 0.717) is 30.0 Å². The zero-order valence-electron chi connectivity index (χ0n) is 17.6. The van der Waals surface area contributed by atoms with Crippen LogP contribution >= 0.6 is 0 Å². The number of benzene rings is 1. The molecule has 0 fully saturated rings. The van der Waals surface area contributed by atoms with Crippen LogP contribution in [0.15, 0.2) is 36.8 Å². The molecular weight excluding hydrogens is 394 g/mol. The number of carbonyl (C=O) groups excluding carboxylic acids is 1. The van der Waals surface area contributed by atoms with Crippen molar-refractivity contribution in [3.8, 4) is 11.9 Å². The molecule has 0 aliphatic carbocycles. The number of ether oxygens (including phenoxy) is 1. The van der Waals surface area contributed by atoms with Gasteiger partial charge in [-0.1, -0.05) is 6.07 Å². The summed E-state index contributed by atoms with van der Waals surface area (Å²) in [5.74, 6) is 0.326. The summed E-state index contributed by atoms with van der Waals surface area (Å²) in [4.78, 5) is 16.0. The lowest BCUT2D eigenvalue weighted by Crippen LogP contribution is -2.36. The van der Waals surface area contributed by atoms with Crippen molar-refractivity contribution in [1.82, 2.24) is 20.1 Å². The predicted molar refractivity (Wildman–Crippen MR) is 112 cm³/mol. The van der Waals surface area contributed by atoms with Gasteiger partial charge in [0.25, 0.3) is 0 Å². The number of rotatable bonds is 6. The molecule has 0 saturated heterocycles. The number of aliphatic hydroxyl groups is 1. The Bertz CT molecular complexity index is 1210. The standard InChI is InChI=1S/C23H23N5O3/c1-14-6-21(26-10-17(14)7-24)28-11-16(9-27-28)8-25-13-23(3,30)20-5-4-18-19(15(20)2)12-31-22(18)29/h4-6,9-11,25,30H,8,12-13H2,1-3H3. The van der Waals surface area contributed by atoms with E-state index in [1.807, 2.05) is 26.1 Å². The molecule has 1 atom stereocenters. The summed E-state index contributed by atoms with van der Waals surface area (Å²) in [5.41, 5.74) is 4.26. The minimum absolute atomic E-state index is 0.249. The van der Waals surface area contributed by atoms with Crippen LogP contribution in [-0.2, 0) is 23.5 Å². The van der Waals surface area contributed by atoms with E-state index in [2.05, 4.69) is 21.5 Å². The Morgan fingerprint density at radius 3 is 2.90 bits per heavy atom. The van der Waals surface area contributed by atoms with E-state index in [0.717, 1.165) is 27.8 Å². The number of pyridine rings is 1. The van der Waals surface area contributed by atoms with Gasteiger partial charge in [-0.15, -0.1) is 0 Å². The SMILES string of the molecule is Cc1cc(-n2cc(CNCC(C)(O)c3ccc4c(c3C)COC4=O)cn2)ncc1C#N. The molecule has 2 N–H and O–H groups in total. The molecule has 0 amide bonds. The number of nitrogens with one attached hydrogen (secondary N) is 1. The van der Waals surface area contributed by atoms with Crippen LogP contribution in [0, 0.1) is 25.2 Å². The monoisotopic (exact) mass is 417 g/mol. The maximum atomic E-state index is 11.7. The number of esters is 1. The molecule has 0 bridgehead atoms. The average Bonchev–Trinajstić information content (AvgIpc) is 3.35. The van der Waals surface area contributed by atoms with Gasteiger partial charge in [0.15, 0.2) is 5.82 Å². The number of nitriles is 1. The highest BCUT2D eigenvalue weighted by molar-refractivity contribution is 5.94. The number of fused-ring (bicyclic) bond motifs is 1. The number of cyclic esters (lactones) is 1. The summed E-state index contributed by atoms with van der Waals surface area (Å²) < 4.78 is 6.76. The van der Waals surface area contributed by atoms with Crippen molar-refractivity contribution in [2.24, 2.45) is 0 Å². The van der Waals surface area contributed by atoms with E-state index in [9.17, 15) is 9.90 Å². The van der Waals surface area contributed by atoms with Gasteiger partial charge in [0.1, 0.15) is 12.7 Å². The third-order valence-electron chi connectivity index (χ3n) is 5.63. The molecule has 3 aromatic rings. The van der Waals surface area contributed by atoms with Crippen LogP contribution in [0.5, 0.6) is 0 Å². The molecule has 158 valence electrons. The summed E-state index contributed by atoms with van der Waals surface area (Å²) >= 11 is 0. The quantitative estimate of drug-likeness (QED) is 0.592. The maximum Gasteiger partial charge on any atom is 0.338 e. The summed E-state index contributed by atoms with van der Waals surface area (Å²) in [7, 11) is 0. The third-order valence-corrected chi connectivity index (χ3v) is 5.63. The molecule has 1 aliphatic rings. The van der Waals surface area contributed by atoms with Crippen molar-refractivity contribution in [2.45, 2.75) is 39.5 Å². The van der Waals surface area contributed by atoms with E-state index >= 15 is 0 Å². The van der Waals surface area contributed by atoms with Crippen LogP contribution < -0.4 is 5.32 Å². The fourth-order valence-electron chi connectivity index (χ4n) is 3.84. The second kappa shape index (κ2) is 7.95. The minimum atomic E-state index is -1.12.